The van der Waals surface area contributed by atoms with E-state index in [9.17, 15) is 18.9 Å². The van der Waals surface area contributed by atoms with Crippen LogP contribution >= 0.6 is 15.9 Å². The fourth-order valence-corrected chi connectivity index (χ4v) is 2.27. The Balaban J connectivity index is 2.08. The van der Waals surface area contributed by atoms with E-state index in [-0.39, 0.29) is 23.6 Å². The molecule has 7 heteroatoms. The van der Waals surface area contributed by atoms with Crippen molar-refractivity contribution in [1.29, 1.82) is 0 Å². The van der Waals surface area contributed by atoms with Crippen LogP contribution in [0.5, 0.6) is 0 Å². The Kier molecular flexibility index (Phi) is 4.98. The number of hydrogen-bond donors (Lipinski definition) is 1. The second kappa shape index (κ2) is 6.73. The largest absolute Gasteiger partial charge is 0.308 e. The average Bonchev–Trinajstić information content (AvgIpc) is 2.42. The minimum Gasteiger partial charge on any atom is -0.308 e. The third-order valence-corrected chi connectivity index (χ3v) is 3.65. The fraction of sp³-hybridized carbons (Fsp3) is 0.143. The summed E-state index contributed by atoms with van der Waals surface area (Å²) in [6, 6.07) is 7.56. The lowest BCUT2D eigenvalue weighted by Crippen LogP contribution is -2.14. The molecule has 0 fully saturated rings. The number of nitrogens with one attached hydrogen (secondary N) is 1. The first-order valence-corrected chi connectivity index (χ1v) is 6.84. The molecular weight excluding hydrogens is 346 g/mol. The van der Waals surface area contributed by atoms with Crippen LogP contribution in [0.2, 0.25) is 0 Å². The van der Waals surface area contributed by atoms with E-state index in [0.717, 1.165) is 22.7 Å². The van der Waals surface area contributed by atoms with Gasteiger partial charge in [-0.1, -0.05) is 15.9 Å². The van der Waals surface area contributed by atoms with E-state index in [2.05, 4.69) is 21.2 Å². The predicted octanol–water partition coefficient (Wildman–Crippen LogP) is 3.93. The van der Waals surface area contributed by atoms with Gasteiger partial charge in [0.1, 0.15) is 11.6 Å². The molecule has 0 aliphatic heterocycles. The average molecular weight is 357 g/mol. The summed E-state index contributed by atoms with van der Waals surface area (Å²) >= 11 is 3.29. The van der Waals surface area contributed by atoms with Gasteiger partial charge >= 0.3 is 0 Å². The SMILES string of the molecule is O=[N+]([O-])c1ccc(F)cc1CNCc1cc(F)ccc1Br. The Morgan fingerprint density at radius 1 is 1.05 bits per heavy atom. The van der Waals surface area contributed by atoms with Gasteiger partial charge in [-0.2, -0.15) is 0 Å². The number of nitro benzene ring substituents is 1. The van der Waals surface area contributed by atoms with E-state index in [1.165, 1.54) is 12.1 Å². The molecule has 2 rings (SSSR count). The third kappa shape index (κ3) is 4.05. The molecule has 0 radical (unpaired) electrons. The molecular formula is C14H11BrF2N2O2. The molecule has 0 aliphatic carbocycles. The molecule has 0 aliphatic rings. The molecule has 0 amide bonds. The molecule has 0 saturated heterocycles. The van der Waals surface area contributed by atoms with Gasteiger partial charge in [0.25, 0.3) is 5.69 Å². The van der Waals surface area contributed by atoms with Gasteiger partial charge < -0.3 is 5.32 Å². The number of nitro groups is 1. The normalized spacial score (nSPS) is 10.6. The van der Waals surface area contributed by atoms with Crippen LogP contribution in [-0.2, 0) is 13.1 Å². The molecule has 0 aromatic heterocycles. The first kappa shape index (κ1) is 15.5. The van der Waals surface area contributed by atoms with Crippen LogP contribution in [0.15, 0.2) is 40.9 Å². The monoisotopic (exact) mass is 356 g/mol. The molecule has 1 N–H and O–H groups in total. The minimum absolute atomic E-state index is 0.108. The Morgan fingerprint density at radius 3 is 2.29 bits per heavy atom. The molecule has 21 heavy (non-hydrogen) atoms. The maximum atomic E-state index is 13.2. The highest BCUT2D eigenvalue weighted by atomic mass is 79.9. The number of benzene rings is 2. The quantitative estimate of drug-likeness (QED) is 0.652. The van der Waals surface area contributed by atoms with Gasteiger partial charge in [0, 0.05) is 29.2 Å². The van der Waals surface area contributed by atoms with Gasteiger partial charge in [0.05, 0.1) is 4.92 Å². The maximum absolute atomic E-state index is 13.2. The van der Waals surface area contributed by atoms with Crippen LogP contribution in [0.4, 0.5) is 14.5 Å². The van der Waals surface area contributed by atoms with Crippen molar-refractivity contribution in [2.75, 3.05) is 0 Å². The van der Waals surface area contributed by atoms with Crippen LogP contribution in [0.1, 0.15) is 11.1 Å². The summed E-state index contributed by atoms with van der Waals surface area (Å²) in [5.41, 5.74) is 0.767. The number of nitrogens with zero attached hydrogens (tertiary/aromatic N) is 1. The topological polar surface area (TPSA) is 55.2 Å². The smallest absolute Gasteiger partial charge is 0.274 e. The molecule has 110 valence electrons. The van der Waals surface area contributed by atoms with Gasteiger partial charge in [-0.25, -0.2) is 8.78 Å². The molecule has 0 bridgehead atoms. The second-order valence-electron chi connectivity index (χ2n) is 4.37. The highest BCUT2D eigenvalue weighted by Crippen LogP contribution is 2.21. The summed E-state index contributed by atoms with van der Waals surface area (Å²) in [6.07, 6.45) is 0. The zero-order valence-electron chi connectivity index (χ0n) is 10.8. The molecule has 4 nitrogen and oxygen atoms in total. The van der Waals surface area contributed by atoms with Gasteiger partial charge in [-0.3, -0.25) is 10.1 Å². The molecule has 0 atom stereocenters. The van der Waals surface area contributed by atoms with Crippen molar-refractivity contribution in [1.82, 2.24) is 5.32 Å². The zero-order valence-corrected chi connectivity index (χ0v) is 12.4. The van der Waals surface area contributed by atoms with E-state index in [1.54, 1.807) is 6.07 Å². The van der Waals surface area contributed by atoms with Gasteiger partial charge in [-0.15, -0.1) is 0 Å². The van der Waals surface area contributed by atoms with Crippen molar-refractivity contribution in [2.24, 2.45) is 0 Å². The Hall–Kier alpha value is -1.86. The first-order valence-electron chi connectivity index (χ1n) is 6.05. The molecule has 0 spiro atoms. The molecule has 0 saturated carbocycles. The summed E-state index contributed by atoms with van der Waals surface area (Å²) in [7, 11) is 0. The van der Waals surface area contributed by atoms with Gasteiger partial charge in [0.2, 0.25) is 0 Å². The Labute approximate surface area is 128 Å². The van der Waals surface area contributed by atoms with Crippen molar-refractivity contribution in [3.63, 3.8) is 0 Å². The van der Waals surface area contributed by atoms with E-state index in [0.29, 0.717) is 12.1 Å². The predicted molar refractivity (Wildman–Crippen MR) is 77.7 cm³/mol. The Bertz CT molecular complexity index is 680. The lowest BCUT2D eigenvalue weighted by molar-refractivity contribution is -0.385. The van der Waals surface area contributed by atoms with E-state index in [1.807, 2.05) is 0 Å². The van der Waals surface area contributed by atoms with Crippen LogP contribution < -0.4 is 5.32 Å². The Morgan fingerprint density at radius 2 is 1.62 bits per heavy atom. The fourth-order valence-electron chi connectivity index (χ4n) is 1.88. The van der Waals surface area contributed by atoms with Crippen molar-refractivity contribution < 1.29 is 13.7 Å². The lowest BCUT2D eigenvalue weighted by atomic mass is 10.1. The van der Waals surface area contributed by atoms with Crippen molar-refractivity contribution >= 4 is 21.6 Å². The highest BCUT2D eigenvalue weighted by molar-refractivity contribution is 9.10. The molecule has 0 heterocycles. The van der Waals surface area contributed by atoms with Crippen LogP contribution in [-0.4, -0.2) is 4.92 Å². The summed E-state index contributed by atoms with van der Waals surface area (Å²) in [6.45, 7) is 0.406. The number of rotatable bonds is 5. The summed E-state index contributed by atoms with van der Waals surface area (Å²) in [5, 5.41) is 13.8. The highest BCUT2D eigenvalue weighted by Gasteiger charge is 2.14. The van der Waals surface area contributed by atoms with E-state index >= 15 is 0 Å². The summed E-state index contributed by atoms with van der Waals surface area (Å²) < 4.78 is 27.0. The minimum atomic E-state index is -0.561. The van der Waals surface area contributed by atoms with E-state index in [4.69, 9.17) is 0 Å². The van der Waals surface area contributed by atoms with E-state index < -0.39 is 10.7 Å². The third-order valence-electron chi connectivity index (χ3n) is 2.88. The second-order valence-corrected chi connectivity index (χ2v) is 5.22. The zero-order chi connectivity index (χ0) is 15.4. The van der Waals surface area contributed by atoms with Crippen molar-refractivity contribution in [3.05, 3.63) is 73.7 Å². The number of halogens is 3. The van der Waals surface area contributed by atoms with Crippen LogP contribution in [0.3, 0.4) is 0 Å². The van der Waals surface area contributed by atoms with Crippen LogP contribution in [0.25, 0.3) is 0 Å². The van der Waals surface area contributed by atoms with Gasteiger partial charge in [0.15, 0.2) is 0 Å². The first-order chi connectivity index (χ1) is 9.97. The van der Waals surface area contributed by atoms with Crippen LogP contribution in [0, 0.1) is 21.7 Å². The van der Waals surface area contributed by atoms with Crippen molar-refractivity contribution in [2.45, 2.75) is 13.1 Å². The standard InChI is InChI=1S/C14H11BrF2N2O2/c15-13-3-1-11(16)5-9(13)7-18-8-10-6-12(17)2-4-14(10)19(20)21/h1-6,18H,7-8H2. The number of hydrogen-bond acceptors (Lipinski definition) is 3. The lowest BCUT2D eigenvalue weighted by Gasteiger charge is -2.08. The molecule has 2 aromatic carbocycles. The van der Waals surface area contributed by atoms with Crippen molar-refractivity contribution in [3.8, 4) is 0 Å². The summed E-state index contributed by atoms with van der Waals surface area (Å²) in [4.78, 5) is 10.3. The van der Waals surface area contributed by atoms with Gasteiger partial charge in [-0.05, 0) is 35.9 Å². The summed E-state index contributed by atoms with van der Waals surface area (Å²) in [5.74, 6) is -0.906. The molecule has 2 aromatic rings. The molecule has 0 unspecified atom stereocenters. The maximum Gasteiger partial charge on any atom is 0.274 e.